The van der Waals surface area contributed by atoms with Crippen molar-refractivity contribution < 1.29 is 37.3 Å². The lowest BCUT2D eigenvalue weighted by Crippen LogP contribution is -2.37. The van der Waals surface area contributed by atoms with E-state index < -0.39 is 13.9 Å². The molecule has 65 heavy (non-hydrogen) atoms. The van der Waals surface area contributed by atoms with Gasteiger partial charge in [-0.25, -0.2) is 4.57 Å². The number of quaternary nitrogens is 1. The predicted molar refractivity (Wildman–Crippen MR) is 279 cm³/mol. The summed E-state index contributed by atoms with van der Waals surface area (Å²) in [6.45, 7) is 5.31. The van der Waals surface area contributed by atoms with Crippen LogP contribution in [0.4, 0.5) is 0 Å². The molecule has 9 heteroatoms. The summed E-state index contributed by atoms with van der Waals surface area (Å²) in [5.74, 6) is -0.347. The van der Waals surface area contributed by atoms with E-state index in [0.717, 1.165) is 109 Å². The number of hydrogen-bond donors (Lipinski definition) is 1. The van der Waals surface area contributed by atoms with Gasteiger partial charge in [-0.2, -0.15) is 0 Å². The van der Waals surface area contributed by atoms with E-state index in [-0.39, 0.29) is 25.8 Å². The second-order valence-electron chi connectivity index (χ2n) is 17.5. The minimum atomic E-state index is -4.31. The molecular weight excluding hydrogens is 830 g/mol. The maximum atomic E-state index is 12.8. The quantitative estimate of drug-likeness (QED) is 0.0214. The maximum absolute atomic E-state index is 12.8. The van der Waals surface area contributed by atoms with Gasteiger partial charge in [-0.15, -0.1) is 0 Å². The first-order chi connectivity index (χ1) is 31.6. The second-order valence-corrected chi connectivity index (χ2v) is 18.9. The van der Waals surface area contributed by atoms with Crippen LogP contribution in [0.5, 0.6) is 0 Å². The molecule has 0 aliphatic carbocycles. The Balaban J connectivity index is 4.32. The molecule has 0 bridgehead atoms. The number of rotatable bonds is 45. The van der Waals surface area contributed by atoms with E-state index in [1.807, 2.05) is 21.1 Å². The monoisotopic (exact) mass is 925 g/mol. The Bertz CT molecular complexity index is 1450. The van der Waals surface area contributed by atoms with Gasteiger partial charge in [0.25, 0.3) is 0 Å². The molecule has 0 aliphatic heterocycles. The van der Waals surface area contributed by atoms with Gasteiger partial charge in [0.1, 0.15) is 19.3 Å². The molecule has 0 aromatic heterocycles. The molecule has 0 amide bonds. The number of allylic oxidation sites excluding steroid dienone is 20. The molecule has 0 radical (unpaired) electrons. The van der Waals surface area contributed by atoms with Gasteiger partial charge in [-0.1, -0.05) is 174 Å². The van der Waals surface area contributed by atoms with Gasteiger partial charge in [0.2, 0.25) is 0 Å². The average Bonchev–Trinajstić information content (AvgIpc) is 3.27. The molecule has 0 fully saturated rings. The minimum Gasteiger partial charge on any atom is -0.457 e. The topological polar surface area (TPSA) is 91.3 Å². The number of hydrogen-bond acceptors (Lipinski definition) is 6. The fourth-order valence-corrected chi connectivity index (χ4v) is 6.87. The highest BCUT2D eigenvalue weighted by Gasteiger charge is 2.26. The lowest BCUT2D eigenvalue weighted by Gasteiger charge is -2.24. The van der Waals surface area contributed by atoms with Gasteiger partial charge in [0.05, 0.1) is 34.4 Å². The third kappa shape index (κ3) is 51.7. The highest BCUT2D eigenvalue weighted by atomic mass is 31.2. The van der Waals surface area contributed by atoms with E-state index in [4.69, 9.17) is 18.5 Å². The van der Waals surface area contributed by atoms with Crippen LogP contribution in [0.2, 0.25) is 0 Å². The minimum absolute atomic E-state index is 0.0694. The van der Waals surface area contributed by atoms with Gasteiger partial charge >= 0.3 is 13.8 Å². The highest BCUT2D eigenvalue weighted by Crippen LogP contribution is 2.43. The summed E-state index contributed by atoms with van der Waals surface area (Å²) in [6, 6.07) is 0. The molecule has 0 rings (SSSR count). The van der Waals surface area contributed by atoms with Crippen LogP contribution < -0.4 is 0 Å². The molecule has 370 valence electrons. The Morgan fingerprint density at radius 1 is 0.492 bits per heavy atom. The van der Waals surface area contributed by atoms with Crippen LogP contribution in [0, 0.1) is 0 Å². The summed E-state index contributed by atoms with van der Waals surface area (Å²) in [5.41, 5.74) is 0. The van der Waals surface area contributed by atoms with Crippen molar-refractivity contribution in [2.24, 2.45) is 0 Å². The van der Waals surface area contributed by atoms with Crippen LogP contribution in [0.1, 0.15) is 168 Å². The van der Waals surface area contributed by atoms with E-state index in [0.29, 0.717) is 24.1 Å². The smallest absolute Gasteiger partial charge is 0.457 e. The van der Waals surface area contributed by atoms with Gasteiger partial charge in [-0.05, 0) is 109 Å². The summed E-state index contributed by atoms with van der Waals surface area (Å²) in [5, 5.41) is 0. The SMILES string of the molecule is CC/C=C\C/C=C\C/C=C\C/C=C\C/C=C\C/C=C\C/C=C\CCCCOCC(COP(=O)(O)OCC[N+](C)(C)C)OC(=O)CCCCCCCC/C=C\C/C=C\C/C=C\CCCCC. The molecule has 2 unspecified atom stereocenters. The van der Waals surface area contributed by atoms with Gasteiger partial charge < -0.3 is 18.9 Å². The predicted octanol–water partition coefficient (Wildman–Crippen LogP) is 15.7. The van der Waals surface area contributed by atoms with Gasteiger partial charge in [0, 0.05) is 13.0 Å². The first-order valence-electron chi connectivity index (χ1n) is 25.3. The molecule has 1 N–H and O–H groups in total. The number of nitrogens with zero attached hydrogens (tertiary/aromatic N) is 1. The number of unbranched alkanes of at least 4 members (excludes halogenated alkanes) is 11. The van der Waals surface area contributed by atoms with Crippen molar-refractivity contribution in [1.82, 2.24) is 0 Å². The Morgan fingerprint density at radius 3 is 1.34 bits per heavy atom. The average molecular weight is 925 g/mol. The largest absolute Gasteiger partial charge is 0.472 e. The Morgan fingerprint density at radius 2 is 0.892 bits per heavy atom. The maximum Gasteiger partial charge on any atom is 0.472 e. The van der Waals surface area contributed by atoms with Crippen LogP contribution in [0.25, 0.3) is 0 Å². The van der Waals surface area contributed by atoms with Crippen LogP contribution >= 0.6 is 7.82 Å². The Hall–Kier alpha value is -3.10. The Kier molecular flexibility index (Phi) is 45.1. The number of phosphoric acid groups is 1. The van der Waals surface area contributed by atoms with Crippen molar-refractivity contribution >= 4 is 13.8 Å². The molecule has 0 spiro atoms. The summed E-state index contributed by atoms with van der Waals surface area (Å²) < 4.78 is 35.1. The molecule has 8 nitrogen and oxygen atoms in total. The molecule has 0 aliphatic rings. The Labute approximate surface area is 399 Å². The van der Waals surface area contributed by atoms with Crippen LogP contribution in [-0.2, 0) is 27.9 Å². The normalized spacial score (nSPS) is 14.6. The summed E-state index contributed by atoms with van der Waals surface area (Å²) in [7, 11) is 1.61. The van der Waals surface area contributed by atoms with Crippen molar-refractivity contribution in [3.05, 3.63) is 122 Å². The molecule has 0 aromatic carbocycles. The van der Waals surface area contributed by atoms with E-state index in [9.17, 15) is 14.3 Å². The molecule has 0 saturated carbocycles. The third-order valence-electron chi connectivity index (χ3n) is 10.0. The summed E-state index contributed by atoms with van der Waals surface area (Å²) in [6.07, 6.45) is 68.2. The standard InChI is InChI=1S/C56H94NO7P/c1-6-8-10-12-14-16-18-20-22-24-26-27-28-29-30-32-34-36-38-40-42-44-46-48-51-61-53-55(54-63-65(59,60)62-52-50-57(3,4)5)64-56(58)49-47-45-43-41-39-37-35-33-31-25-23-21-19-17-15-13-11-9-7-2/h8,10,14-17,20-23,26-27,29-31,33-34,36,40,42,55H,6-7,9,11-13,18-19,24-25,28,32,35,37-39,41,43-54H2,1-5H3/p+1/b10-8-,16-14-,17-15-,22-20-,23-21-,27-26-,30-29-,33-31-,36-34-,42-40-. The van der Waals surface area contributed by atoms with Crippen molar-refractivity contribution in [2.45, 2.75) is 174 Å². The summed E-state index contributed by atoms with van der Waals surface area (Å²) in [4.78, 5) is 23.0. The first-order valence-corrected chi connectivity index (χ1v) is 26.8. The van der Waals surface area contributed by atoms with E-state index in [1.165, 1.54) is 38.5 Å². The zero-order chi connectivity index (χ0) is 47.6. The molecule has 2 atom stereocenters. The first kappa shape index (κ1) is 61.9. The third-order valence-corrected chi connectivity index (χ3v) is 11.0. The number of carbonyl (C=O) groups is 1. The van der Waals surface area contributed by atoms with E-state index in [1.54, 1.807) is 0 Å². The fourth-order valence-electron chi connectivity index (χ4n) is 6.13. The lowest BCUT2D eigenvalue weighted by atomic mass is 10.1. The molecular formula is C56H95NO7P+. The van der Waals surface area contributed by atoms with Crippen molar-refractivity contribution in [2.75, 3.05) is 54.1 Å². The zero-order valence-corrected chi connectivity index (χ0v) is 42.8. The van der Waals surface area contributed by atoms with Crippen LogP contribution in [0.3, 0.4) is 0 Å². The van der Waals surface area contributed by atoms with Crippen molar-refractivity contribution in [3.8, 4) is 0 Å². The number of carbonyl (C=O) groups excluding carboxylic acids is 1. The summed E-state index contributed by atoms with van der Waals surface area (Å²) >= 11 is 0. The fraction of sp³-hybridized carbons (Fsp3) is 0.625. The van der Waals surface area contributed by atoms with Gasteiger partial charge in [0.15, 0.2) is 0 Å². The van der Waals surface area contributed by atoms with E-state index in [2.05, 4.69) is 135 Å². The van der Waals surface area contributed by atoms with Crippen molar-refractivity contribution in [1.29, 1.82) is 0 Å². The van der Waals surface area contributed by atoms with E-state index >= 15 is 0 Å². The number of likely N-dealkylation sites (N-methyl/N-ethyl adjacent to an activating group) is 1. The zero-order valence-electron chi connectivity index (χ0n) is 41.9. The van der Waals surface area contributed by atoms with Crippen LogP contribution in [0.15, 0.2) is 122 Å². The molecule has 0 heterocycles. The highest BCUT2D eigenvalue weighted by molar-refractivity contribution is 7.47. The number of esters is 1. The lowest BCUT2D eigenvalue weighted by molar-refractivity contribution is -0.870. The number of phosphoric ester groups is 1. The molecule has 0 aromatic rings. The van der Waals surface area contributed by atoms with Crippen LogP contribution in [-0.4, -0.2) is 75.6 Å². The van der Waals surface area contributed by atoms with Crippen molar-refractivity contribution in [3.63, 3.8) is 0 Å². The second kappa shape index (κ2) is 47.4. The number of ether oxygens (including phenoxy) is 2. The van der Waals surface area contributed by atoms with Gasteiger partial charge in [-0.3, -0.25) is 13.8 Å². The molecule has 0 saturated heterocycles.